The molecule has 0 spiro atoms. The topological polar surface area (TPSA) is 65.5 Å². The number of aromatic nitrogens is 2. The van der Waals surface area contributed by atoms with Crippen LogP contribution in [0.25, 0.3) is 11.1 Å². The van der Waals surface area contributed by atoms with Gasteiger partial charge in [0, 0.05) is 41.1 Å². The zero-order valence-electron chi connectivity index (χ0n) is 26.7. The van der Waals surface area contributed by atoms with Gasteiger partial charge >= 0.3 is 0 Å². The van der Waals surface area contributed by atoms with Crippen molar-refractivity contribution in [2.75, 3.05) is 31.7 Å². The van der Waals surface area contributed by atoms with E-state index in [0.29, 0.717) is 19.3 Å². The standard InChI is InChI=1S/C27H37N3O3.3C2H6/c1-6-31-21-11-12-22(23(16-21)32-7-2)24-17(3)25-19(5)29-30-27(26(25)18(24)4)28-14-13-20-10-8-9-15-33-20;3*1-2/h11-12,16,20,24H,6-10,13-15H2,1-5H3,(H,28,30);3*1-2H3. The molecule has 6 heteroatoms. The number of nitrogens with one attached hydrogen (secondary N) is 1. The van der Waals surface area contributed by atoms with Crippen LogP contribution in [0.15, 0.2) is 18.2 Å². The fourth-order valence-corrected chi connectivity index (χ4v) is 5.27. The summed E-state index contributed by atoms with van der Waals surface area (Å²) >= 11 is 0. The number of nitrogens with zero attached hydrogens (tertiary/aromatic N) is 2. The molecule has 6 nitrogen and oxygen atoms in total. The summed E-state index contributed by atoms with van der Waals surface area (Å²) in [5.74, 6) is 2.71. The van der Waals surface area contributed by atoms with E-state index < -0.39 is 0 Å². The lowest BCUT2D eigenvalue weighted by Gasteiger charge is -2.22. The zero-order chi connectivity index (χ0) is 29.4. The SMILES string of the molecule is CC.CC.CC.CCOc1ccc(C2C(C)=c3c(C)nnc(NCCC4CCCCO4)c3=C2C)c(OCC)c1. The molecule has 2 aromatic rings. The van der Waals surface area contributed by atoms with Crippen LogP contribution >= 0.6 is 0 Å². The van der Waals surface area contributed by atoms with Crippen molar-refractivity contribution >= 4 is 17.0 Å². The Morgan fingerprint density at radius 1 is 0.872 bits per heavy atom. The van der Waals surface area contributed by atoms with Crippen molar-refractivity contribution in [3.63, 3.8) is 0 Å². The second kappa shape index (κ2) is 18.6. The Bertz CT molecular complexity index is 1110. The molecule has 0 radical (unpaired) electrons. The van der Waals surface area contributed by atoms with Crippen LogP contribution < -0.4 is 25.2 Å². The minimum absolute atomic E-state index is 0.129. The highest BCUT2D eigenvalue weighted by Gasteiger charge is 2.28. The normalized spacial score (nSPS) is 17.4. The molecular formula is C33H55N3O3. The molecule has 4 rings (SSSR count). The third kappa shape index (κ3) is 8.69. The quantitative estimate of drug-likeness (QED) is 0.363. The summed E-state index contributed by atoms with van der Waals surface area (Å²) in [4.78, 5) is 0. The highest BCUT2D eigenvalue weighted by Crippen LogP contribution is 2.41. The van der Waals surface area contributed by atoms with Crippen LogP contribution in [0.1, 0.15) is 112 Å². The van der Waals surface area contributed by atoms with Crippen molar-refractivity contribution in [1.29, 1.82) is 0 Å². The van der Waals surface area contributed by atoms with Gasteiger partial charge in [-0.3, -0.25) is 0 Å². The second-order valence-electron chi connectivity index (χ2n) is 8.95. The molecule has 220 valence electrons. The van der Waals surface area contributed by atoms with Crippen LogP contribution in [-0.2, 0) is 4.74 Å². The van der Waals surface area contributed by atoms with Crippen LogP contribution in [0, 0.1) is 6.92 Å². The molecule has 0 amide bonds. The summed E-state index contributed by atoms with van der Waals surface area (Å²) in [6, 6.07) is 6.19. The van der Waals surface area contributed by atoms with E-state index in [4.69, 9.17) is 14.2 Å². The lowest BCUT2D eigenvalue weighted by atomic mass is 9.88. The molecule has 2 aliphatic rings. The highest BCUT2D eigenvalue weighted by atomic mass is 16.5. The van der Waals surface area contributed by atoms with Crippen molar-refractivity contribution in [2.24, 2.45) is 0 Å². The van der Waals surface area contributed by atoms with Gasteiger partial charge in [0.25, 0.3) is 0 Å². The van der Waals surface area contributed by atoms with Gasteiger partial charge in [0.05, 0.1) is 25.0 Å². The summed E-state index contributed by atoms with van der Waals surface area (Å²) in [6.07, 6.45) is 4.93. The fourth-order valence-electron chi connectivity index (χ4n) is 5.27. The molecule has 1 N–H and O–H groups in total. The van der Waals surface area contributed by atoms with Crippen LogP contribution in [0.3, 0.4) is 0 Å². The van der Waals surface area contributed by atoms with Gasteiger partial charge in [-0.15, -0.1) is 5.10 Å². The number of fused-ring (bicyclic) bond motifs is 1. The van der Waals surface area contributed by atoms with Gasteiger partial charge in [-0.2, -0.15) is 5.10 Å². The smallest absolute Gasteiger partial charge is 0.156 e. The zero-order valence-corrected chi connectivity index (χ0v) is 26.7. The highest BCUT2D eigenvalue weighted by molar-refractivity contribution is 5.79. The van der Waals surface area contributed by atoms with Crippen LogP contribution in [-0.4, -0.2) is 42.7 Å². The molecule has 2 heterocycles. The Morgan fingerprint density at radius 2 is 1.54 bits per heavy atom. The molecule has 2 atom stereocenters. The van der Waals surface area contributed by atoms with Gasteiger partial charge in [-0.25, -0.2) is 0 Å². The molecule has 2 unspecified atom stereocenters. The number of hydrogen-bond acceptors (Lipinski definition) is 6. The number of rotatable bonds is 9. The van der Waals surface area contributed by atoms with E-state index in [2.05, 4.69) is 35.4 Å². The maximum atomic E-state index is 6.06. The molecule has 1 aliphatic heterocycles. The maximum Gasteiger partial charge on any atom is 0.156 e. The molecule has 1 aliphatic carbocycles. The summed E-state index contributed by atoms with van der Waals surface area (Å²) in [6.45, 7) is 25.4. The summed E-state index contributed by atoms with van der Waals surface area (Å²) in [5, 5.41) is 15.0. The van der Waals surface area contributed by atoms with Gasteiger partial charge in [-0.05, 0) is 71.9 Å². The van der Waals surface area contributed by atoms with Gasteiger partial charge in [0.2, 0.25) is 0 Å². The van der Waals surface area contributed by atoms with Gasteiger partial charge in [0.15, 0.2) is 5.82 Å². The molecule has 1 aromatic heterocycles. The monoisotopic (exact) mass is 541 g/mol. The Hall–Kier alpha value is -2.60. The Morgan fingerprint density at radius 3 is 2.15 bits per heavy atom. The predicted octanol–water partition coefficient (Wildman–Crippen LogP) is 7.17. The molecule has 0 bridgehead atoms. The van der Waals surface area contributed by atoms with Gasteiger partial charge in [0.1, 0.15) is 11.5 Å². The van der Waals surface area contributed by atoms with E-state index in [1.165, 1.54) is 34.4 Å². The van der Waals surface area contributed by atoms with E-state index in [0.717, 1.165) is 54.6 Å². The van der Waals surface area contributed by atoms with E-state index in [-0.39, 0.29) is 5.92 Å². The molecule has 1 aromatic carbocycles. The third-order valence-corrected chi connectivity index (χ3v) is 6.74. The van der Waals surface area contributed by atoms with E-state index in [1.54, 1.807) is 0 Å². The number of benzene rings is 1. The van der Waals surface area contributed by atoms with Crippen molar-refractivity contribution < 1.29 is 14.2 Å². The summed E-state index contributed by atoms with van der Waals surface area (Å²) in [7, 11) is 0. The maximum absolute atomic E-state index is 6.06. The van der Waals surface area contributed by atoms with Crippen LogP contribution in [0.4, 0.5) is 5.82 Å². The summed E-state index contributed by atoms with van der Waals surface area (Å²) in [5.41, 5.74) is 4.70. The number of aryl methyl sites for hydroxylation is 1. The predicted molar refractivity (Wildman–Crippen MR) is 166 cm³/mol. The molecule has 1 fully saturated rings. The van der Waals surface area contributed by atoms with Gasteiger partial charge in [-0.1, -0.05) is 53.2 Å². The first-order valence-corrected chi connectivity index (χ1v) is 15.3. The first-order chi connectivity index (χ1) is 19.0. The Labute approximate surface area is 238 Å². The first kappa shape index (κ1) is 34.4. The van der Waals surface area contributed by atoms with Crippen molar-refractivity contribution in [1.82, 2.24) is 10.2 Å². The third-order valence-electron chi connectivity index (χ3n) is 6.74. The second-order valence-corrected chi connectivity index (χ2v) is 8.95. The minimum Gasteiger partial charge on any atom is -0.494 e. The lowest BCUT2D eigenvalue weighted by Crippen LogP contribution is -2.33. The first-order valence-electron chi connectivity index (χ1n) is 15.3. The average molecular weight is 542 g/mol. The van der Waals surface area contributed by atoms with Gasteiger partial charge < -0.3 is 19.5 Å². The lowest BCUT2D eigenvalue weighted by molar-refractivity contribution is 0.0134. The van der Waals surface area contributed by atoms with E-state index in [1.807, 2.05) is 74.4 Å². The largest absolute Gasteiger partial charge is 0.494 e. The van der Waals surface area contributed by atoms with Crippen molar-refractivity contribution in [2.45, 2.75) is 114 Å². The van der Waals surface area contributed by atoms with Crippen LogP contribution in [0.5, 0.6) is 11.5 Å². The van der Waals surface area contributed by atoms with E-state index >= 15 is 0 Å². The number of ether oxygens (including phenoxy) is 3. The molecule has 1 saturated heterocycles. The molecular weight excluding hydrogens is 486 g/mol. The summed E-state index contributed by atoms with van der Waals surface area (Å²) < 4.78 is 17.7. The fraction of sp³-hybridized carbons (Fsp3) is 0.636. The molecule has 0 saturated carbocycles. The van der Waals surface area contributed by atoms with E-state index in [9.17, 15) is 0 Å². The number of hydrogen-bond donors (Lipinski definition) is 1. The van der Waals surface area contributed by atoms with Crippen molar-refractivity contribution in [3.05, 3.63) is 39.9 Å². The average Bonchev–Trinajstić information content (AvgIpc) is 3.25. The number of anilines is 1. The minimum atomic E-state index is 0.129. The Balaban J connectivity index is 0.00000119. The van der Waals surface area contributed by atoms with Crippen LogP contribution in [0.2, 0.25) is 0 Å². The van der Waals surface area contributed by atoms with Crippen molar-refractivity contribution in [3.8, 4) is 11.5 Å². The Kier molecular flexibility index (Phi) is 16.5. The molecule has 39 heavy (non-hydrogen) atoms.